The minimum absolute atomic E-state index is 0.0152. The number of carbonyl (C=O) groups excluding carboxylic acids is 2. The first-order valence-corrected chi connectivity index (χ1v) is 14.5. The Morgan fingerprint density at radius 1 is 1.00 bits per heavy atom. The number of hydrogen-bond donors (Lipinski definition) is 0. The quantitative estimate of drug-likeness (QED) is 0.350. The van der Waals surface area contributed by atoms with Crippen molar-refractivity contribution in [1.82, 2.24) is 9.80 Å². The minimum Gasteiger partial charge on any atom is -0.335 e. The number of benzene rings is 3. The molecule has 1 aliphatic rings. The van der Waals surface area contributed by atoms with E-state index in [1.807, 2.05) is 24.3 Å². The number of carbonyl (C=O) groups is 2. The van der Waals surface area contributed by atoms with Gasteiger partial charge < -0.3 is 9.80 Å². The summed E-state index contributed by atoms with van der Waals surface area (Å²) in [6.07, 6.45) is 0. The van der Waals surface area contributed by atoms with Gasteiger partial charge in [-0.05, 0) is 48.9 Å². The van der Waals surface area contributed by atoms with E-state index in [0.717, 1.165) is 10.0 Å². The van der Waals surface area contributed by atoms with E-state index >= 15 is 0 Å². The maximum atomic E-state index is 13.5. The van der Waals surface area contributed by atoms with E-state index in [1.165, 1.54) is 21.3 Å². The van der Waals surface area contributed by atoms with Crippen LogP contribution < -0.4 is 4.31 Å². The van der Waals surface area contributed by atoms with Crippen LogP contribution >= 0.6 is 39.1 Å². The molecule has 7 nitrogen and oxygen atoms in total. The van der Waals surface area contributed by atoms with Crippen LogP contribution in [-0.2, 0) is 21.4 Å². The van der Waals surface area contributed by atoms with E-state index < -0.39 is 15.9 Å². The number of piperazine rings is 1. The van der Waals surface area contributed by atoms with Crippen molar-refractivity contribution in [3.63, 3.8) is 0 Å². The molecule has 11 heteroatoms. The van der Waals surface area contributed by atoms with Gasteiger partial charge in [-0.25, -0.2) is 8.42 Å². The summed E-state index contributed by atoms with van der Waals surface area (Å²) in [7, 11) is -4.10. The molecule has 0 aliphatic carbocycles. The predicted octanol–water partition coefficient (Wildman–Crippen LogP) is 5.46. The Hall–Kier alpha value is -2.59. The average molecular weight is 625 g/mol. The van der Waals surface area contributed by atoms with Crippen molar-refractivity contribution in [2.45, 2.75) is 18.4 Å². The molecule has 0 unspecified atom stereocenters. The van der Waals surface area contributed by atoms with Crippen molar-refractivity contribution in [3.05, 3.63) is 92.4 Å². The molecule has 0 atom stereocenters. The Labute approximate surface area is 234 Å². The molecule has 1 aliphatic heterocycles. The second-order valence-electron chi connectivity index (χ2n) is 8.44. The molecule has 1 saturated heterocycles. The summed E-state index contributed by atoms with van der Waals surface area (Å²) in [5.41, 5.74) is 1.42. The number of halogens is 3. The topological polar surface area (TPSA) is 78.0 Å². The molecule has 0 saturated carbocycles. The molecule has 0 N–H and O–H groups in total. The van der Waals surface area contributed by atoms with E-state index in [9.17, 15) is 18.0 Å². The van der Waals surface area contributed by atoms with Crippen LogP contribution in [0.1, 0.15) is 22.8 Å². The molecule has 3 aromatic rings. The van der Waals surface area contributed by atoms with Crippen molar-refractivity contribution in [1.29, 1.82) is 0 Å². The molecule has 0 radical (unpaired) electrons. The highest BCUT2D eigenvalue weighted by Crippen LogP contribution is 2.33. The van der Waals surface area contributed by atoms with Gasteiger partial charge in [-0.2, -0.15) is 0 Å². The molecule has 37 heavy (non-hydrogen) atoms. The number of sulfonamides is 1. The molecule has 194 valence electrons. The largest absolute Gasteiger partial charge is 0.335 e. The van der Waals surface area contributed by atoms with Gasteiger partial charge >= 0.3 is 0 Å². The zero-order chi connectivity index (χ0) is 26.7. The highest BCUT2D eigenvalue weighted by atomic mass is 79.9. The van der Waals surface area contributed by atoms with Crippen LogP contribution in [0.25, 0.3) is 0 Å². The summed E-state index contributed by atoms with van der Waals surface area (Å²) in [6, 6.07) is 18.7. The Bertz CT molecular complexity index is 1420. The third-order valence-corrected chi connectivity index (χ3v) is 9.25. The first kappa shape index (κ1) is 27.4. The molecule has 0 spiro atoms. The van der Waals surface area contributed by atoms with Crippen LogP contribution in [0, 0.1) is 0 Å². The molecule has 3 aromatic carbocycles. The van der Waals surface area contributed by atoms with E-state index in [4.69, 9.17) is 23.2 Å². The van der Waals surface area contributed by atoms with Crippen LogP contribution in [-0.4, -0.2) is 56.2 Å². The third-order valence-electron chi connectivity index (χ3n) is 6.04. The van der Waals surface area contributed by atoms with Gasteiger partial charge in [0.05, 0.1) is 21.3 Å². The summed E-state index contributed by atoms with van der Waals surface area (Å²) < 4.78 is 29.3. The first-order chi connectivity index (χ1) is 17.6. The zero-order valence-corrected chi connectivity index (χ0v) is 23.8. The number of rotatable bonds is 7. The van der Waals surface area contributed by atoms with Gasteiger partial charge in [-0.1, -0.05) is 69.5 Å². The number of hydrogen-bond acceptors (Lipinski definition) is 4. The smallest absolute Gasteiger partial charge is 0.265 e. The van der Waals surface area contributed by atoms with E-state index in [-0.39, 0.29) is 46.0 Å². The second-order valence-corrected chi connectivity index (χ2v) is 12.0. The maximum absolute atomic E-state index is 13.5. The monoisotopic (exact) mass is 623 g/mol. The molecule has 0 aromatic heterocycles. The minimum atomic E-state index is -4.10. The summed E-state index contributed by atoms with van der Waals surface area (Å²) >= 11 is 16.1. The van der Waals surface area contributed by atoms with Crippen molar-refractivity contribution >= 4 is 66.7 Å². The first-order valence-electron chi connectivity index (χ1n) is 11.5. The summed E-state index contributed by atoms with van der Waals surface area (Å²) in [6.45, 7) is 2.79. The lowest BCUT2D eigenvalue weighted by atomic mass is 10.1. The Morgan fingerprint density at radius 2 is 1.68 bits per heavy atom. The molecule has 2 amide bonds. The van der Waals surface area contributed by atoms with Crippen molar-refractivity contribution in [3.8, 4) is 0 Å². The van der Waals surface area contributed by atoms with Gasteiger partial charge in [0, 0.05) is 30.7 Å². The van der Waals surface area contributed by atoms with E-state index in [2.05, 4.69) is 15.9 Å². The molecule has 0 bridgehead atoms. The molecular formula is C26H24BrCl2N3O4S. The lowest BCUT2D eigenvalue weighted by Gasteiger charge is -2.34. The van der Waals surface area contributed by atoms with E-state index in [0.29, 0.717) is 18.8 Å². The van der Waals surface area contributed by atoms with Gasteiger partial charge in [-0.3, -0.25) is 13.9 Å². The fraction of sp³-hybridized carbons (Fsp3) is 0.231. The summed E-state index contributed by atoms with van der Waals surface area (Å²) in [4.78, 5) is 29.0. The third kappa shape index (κ3) is 5.95. The highest BCUT2D eigenvalue weighted by Gasteiger charge is 2.32. The molecule has 1 heterocycles. The molecule has 1 fully saturated rings. The van der Waals surface area contributed by atoms with Crippen LogP contribution in [0.4, 0.5) is 5.69 Å². The van der Waals surface area contributed by atoms with Crippen molar-refractivity contribution in [2.75, 3.05) is 30.5 Å². The lowest BCUT2D eigenvalue weighted by Crippen LogP contribution is -2.51. The highest BCUT2D eigenvalue weighted by molar-refractivity contribution is 9.10. The number of para-hydroxylation sites is 1. The maximum Gasteiger partial charge on any atom is 0.265 e. The SMILES string of the molecule is CCN(c1ccccc1)S(=O)(=O)c1cc(C(=O)N2CCN(Cc3ccc(Br)cc3)C(=O)C2)c(Cl)cc1Cl. The Kier molecular flexibility index (Phi) is 8.48. The van der Waals surface area contributed by atoms with Crippen molar-refractivity contribution in [2.24, 2.45) is 0 Å². The van der Waals surface area contributed by atoms with Gasteiger partial charge in [0.1, 0.15) is 11.4 Å². The number of nitrogens with zero attached hydrogens (tertiary/aromatic N) is 3. The van der Waals surface area contributed by atoms with Crippen LogP contribution in [0.5, 0.6) is 0 Å². The standard InChI is InChI=1S/C26H24BrCl2N3O4S/c1-2-32(20-6-4-3-5-7-20)37(35,36)24-14-21(22(28)15-23(24)29)26(34)31-13-12-30(25(33)17-31)16-18-8-10-19(27)11-9-18/h3-11,14-15H,2,12-13,16-17H2,1H3. The molecular weight excluding hydrogens is 601 g/mol. The lowest BCUT2D eigenvalue weighted by molar-refractivity contribution is -0.135. The average Bonchev–Trinajstić information content (AvgIpc) is 2.87. The normalized spacial score (nSPS) is 14.1. The van der Waals surface area contributed by atoms with Gasteiger partial charge in [-0.15, -0.1) is 0 Å². The molecule has 4 rings (SSSR count). The predicted molar refractivity (Wildman–Crippen MR) is 149 cm³/mol. The van der Waals surface area contributed by atoms with E-state index in [1.54, 1.807) is 42.2 Å². The van der Waals surface area contributed by atoms with Gasteiger partial charge in [0.2, 0.25) is 5.91 Å². The zero-order valence-electron chi connectivity index (χ0n) is 19.9. The van der Waals surface area contributed by atoms with Crippen LogP contribution in [0.2, 0.25) is 10.0 Å². The second kappa shape index (κ2) is 11.4. The number of amides is 2. The fourth-order valence-electron chi connectivity index (χ4n) is 4.12. The van der Waals surface area contributed by atoms with Crippen molar-refractivity contribution < 1.29 is 18.0 Å². The van der Waals surface area contributed by atoms with Crippen LogP contribution in [0.15, 0.2) is 76.1 Å². The summed E-state index contributed by atoms with van der Waals surface area (Å²) in [5, 5.41) is -0.0761. The Balaban J connectivity index is 1.56. The summed E-state index contributed by atoms with van der Waals surface area (Å²) in [5.74, 6) is -0.737. The van der Waals surface area contributed by atoms with Crippen LogP contribution in [0.3, 0.4) is 0 Å². The van der Waals surface area contributed by atoms with Gasteiger partial charge in [0.25, 0.3) is 15.9 Å². The van der Waals surface area contributed by atoms with Gasteiger partial charge in [0.15, 0.2) is 0 Å². The fourth-order valence-corrected chi connectivity index (χ4v) is 6.69. The Morgan fingerprint density at radius 3 is 2.30 bits per heavy atom. The number of anilines is 1.